The highest BCUT2D eigenvalue weighted by Gasteiger charge is 2.23. The molecule has 0 bridgehead atoms. The lowest BCUT2D eigenvalue weighted by atomic mass is 9.81. The number of fused-ring (bicyclic) bond motifs is 7. The van der Waals surface area contributed by atoms with Crippen molar-refractivity contribution in [2.45, 2.75) is 6.92 Å². The van der Waals surface area contributed by atoms with E-state index in [2.05, 4.69) is 218 Å². The van der Waals surface area contributed by atoms with E-state index in [9.17, 15) is 0 Å². The Labute approximate surface area is 316 Å². The van der Waals surface area contributed by atoms with Gasteiger partial charge >= 0.3 is 0 Å². The van der Waals surface area contributed by atoms with Gasteiger partial charge in [0.2, 0.25) is 0 Å². The van der Waals surface area contributed by atoms with Crippen molar-refractivity contribution in [2.24, 2.45) is 0 Å². The van der Waals surface area contributed by atoms with E-state index in [1.54, 1.807) is 0 Å². The minimum Gasteiger partial charge on any atom is -0.310 e. The van der Waals surface area contributed by atoms with Gasteiger partial charge in [0, 0.05) is 16.8 Å². The molecular weight excluding hydrogens is 651 g/mol. The third-order valence-corrected chi connectivity index (χ3v) is 10.8. The summed E-state index contributed by atoms with van der Waals surface area (Å²) in [6.07, 6.45) is 0. The first-order chi connectivity index (χ1) is 26.7. The maximum Gasteiger partial charge on any atom is 0.0540 e. The van der Waals surface area contributed by atoms with E-state index in [1.165, 1.54) is 82.0 Å². The fraction of sp³-hybridized carbons (Fsp3) is 0.0189. The molecule has 0 fully saturated rings. The highest BCUT2D eigenvalue weighted by Crippen LogP contribution is 2.50. The molecule has 254 valence electrons. The van der Waals surface area contributed by atoms with Crippen molar-refractivity contribution in [1.29, 1.82) is 0 Å². The minimum atomic E-state index is 1.12. The summed E-state index contributed by atoms with van der Waals surface area (Å²) < 4.78 is 0. The van der Waals surface area contributed by atoms with Crippen LogP contribution >= 0.6 is 0 Å². The zero-order valence-corrected chi connectivity index (χ0v) is 30.1. The molecule has 10 aromatic rings. The zero-order chi connectivity index (χ0) is 36.0. The summed E-state index contributed by atoms with van der Waals surface area (Å²) in [6.45, 7) is 2.17. The molecule has 0 N–H and O–H groups in total. The van der Waals surface area contributed by atoms with E-state index in [0.29, 0.717) is 0 Å². The number of aryl methyl sites for hydroxylation is 1. The van der Waals surface area contributed by atoms with Gasteiger partial charge in [-0.3, -0.25) is 0 Å². The topological polar surface area (TPSA) is 3.24 Å². The summed E-state index contributed by atoms with van der Waals surface area (Å²) in [6, 6.07) is 75.5. The van der Waals surface area contributed by atoms with Gasteiger partial charge in [0.25, 0.3) is 0 Å². The van der Waals surface area contributed by atoms with E-state index in [1.807, 2.05) is 0 Å². The molecule has 0 unspecified atom stereocenters. The first kappa shape index (κ1) is 31.7. The average molecular weight is 688 g/mol. The number of rotatable bonds is 6. The lowest BCUT2D eigenvalue weighted by Gasteiger charge is -2.28. The van der Waals surface area contributed by atoms with E-state index in [4.69, 9.17) is 0 Å². The van der Waals surface area contributed by atoms with Crippen molar-refractivity contribution in [3.63, 3.8) is 0 Å². The predicted molar refractivity (Wildman–Crippen MR) is 232 cm³/mol. The van der Waals surface area contributed by atoms with Crippen LogP contribution < -0.4 is 4.90 Å². The summed E-state index contributed by atoms with van der Waals surface area (Å²) >= 11 is 0. The van der Waals surface area contributed by atoms with Crippen LogP contribution in [0.25, 0.3) is 76.5 Å². The fourth-order valence-electron chi connectivity index (χ4n) is 8.47. The van der Waals surface area contributed by atoms with E-state index >= 15 is 0 Å². The molecule has 0 aromatic heterocycles. The monoisotopic (exact) mass is 687 g/mol. The van der Waals surface area contributed by atoms with Crippen molar-refractivity contribution < 1.29 is 0 Å². The van der Waals surface area contributed by atoms with Crippen LogP contribution in [0, 0.1) is 6.92 Å². The molecule has 0 aliphatic heterocycles. The van der Waals surface area contributed by atoms with Crippen LogP contribution in [0.5, 0.6) is 0 Å². The van der Waals surface area contributed by atoms with Crippen LogP contribution in [0.2, 0.25) is 0 Å². The van der Waals surface area contributed by atoms with Gasteiger partial charge in [0.1, 0.15) is 0 Å². The molecule has 0 spiro atoms. The van der Waals surface area contributed by atoms with Gasteiger partial charge in [-0.1, -0.05) is 170 Å². The molecule has 1 nitrogen and oxygen atoms in total. The summed E-state index contributed by atoms with van der Waals surface area (Å²) in [5.41, 5.74) is 12.0. The van der Waals surface area contributed by atoms with Crippen molar-refractivity contribution in [3.05, 3.63) is 212 Å². The van der Waals surface area contributed by atoms with Crippen molar-refractivity contribution >= 4 is 60.2 Å². The Balaban J connectivity index is 1.37. The van der Waals surface area contributed by atoms with Gasteiger partial charge in [-0.15, -0.1) is 0 Å². The normalized spacial score (nSPS) is 11.4. The summed E-state index contributed by atoms with van der Waals surface area (Å²) in [7, 11) is 0. The van der Waals surface area contributed by atoms with E-state index < -0.39 is 0 Å². The average Bonchev–Trinajstić information content (AvgIpc) is 3.24. The number of hydrogen-bond acceptors (Lipinski definition) is 1. The summed E-state index contributed by atoms with van der Waals surface area (Å²) in [4.78, 5) is 2.43. The molecule has 0 heterocycles. The highest BCUT2D eigenvalue weighted by molar-refractivity contribution is 6.33. The molecule has 54 heavy (non-hydrogen) atoms. The van der Waals surface area contributed by atoms with Crippen molar-refractivity contribution in [3.8, 4) is 33.4 Å². The van der Waals surface area contributed by atoms with Crippen LogP contribution in [0.4, 0.5) is 17.1 Å². The summed E-state index contributed by atoms with van der Waals surface area (Å²) in [5.74, 6) is 0. The SMILES string of the molecule is Cc1cccc(N(c2ccc3c(c2)c2ccccc2c2c(-c4ccccc4)cc(-c4ccccc4)c(-c4ccccc4)c32)c2cccc3ccccc23)c1. The standard InChI is InChI=1S/C53H37N/c1-36-17-15-26-41(33-36)54(50-30-16-25-37-22-11-12-27-43(37)50)42-31-32-46-49(34-42)44-28-13-14-29-45(44)52-48(39-20-7-3-8-21-39)35-47(38-18-5-2-6-19-38)51(53(46)52)40-23-9-4-10-24-40/h2-35H,1H3. The molecule has 0 saturated carbocycles. The second-order valence-electron chi connectivity index (χ2n) is 14.1. The lowest BCUT2D eigenvalue weighted by Crippen LogP contribution is -2.10. The van der Waals surface area contributed by atoms with Crippen LogP contribution in [0.1, 0.15) is 5.56 Å². The molecule has 0 radical (unpaired) electrons. The third-order valence-electron chi connectivity index (χ3n) is 10.8. The molecule has 0 saturated heterocycles. The van der Waals surface area contributed by atoms with Crippen LogP contribution in [0.15, 0.2) is 206 Å². The molecular formula is C53H37N. The number of nitrogens with zero attached hydrogens (tertiary/aromatic N) is 1. The second kappa shape index (κ2) is 13.2. The third kappa shape index (κ3) is 5.33. The van der Waals surface area contributed by atoms with Crippen molar-refractivity contribution in [2.75, 3.05) is 4.90 Å². The molecule has 0 aliphatic carbocycles. The van der Waals surface area contributed by atoms with E-state index in [-0.39, 0.29) is 0 Å². The Bertz CT molecular complexity index is 2980. The summed E-state index contributed by atoms with van der Waals surface area (Å²) in [5, 5.41) is 9.95. The Kier molecular flexibility index (Phi) is 7.78. The first-order valence-electron chi connectivity index (χ1n) is 18.7. The Morgan fingerprint density at radius 1 is 0.333 bits per heavy atom. The highest BCUT2D eigenvalue weighted by atomic mass is 15.1. The molecule has 0 atom stereocenters. The number of hydrogen-bond donors (Lipinski definition) is 0. The quantitative estimate of drug-likeness (QED) is 0.157. The molecule has 0 aliphatic rings. The van der Waals surface area contributed by atoms with Gasteiger partial charge in [-0.2, -0.15) is 0 Å². The zero-order valence-electron chi connectivity index (χ0n) is 30.1. The fourth-order valence-corrected chi connectivity index (χ4v) is 8.47. The number of anilines is 3. The Hall–Kier alpha value is -6.96. The lowest BCUT2D eigenvalue weighted by molar-refractivity contribution is 1.29. The van der Waals surface area contributed by atoms with Gasteiger partial charge in [0.15, 0.2) is 0 Å². The van der Waals surface area contributed by atoms with Crippen LogP contribution in [0.3, 0.4) is 0 Å². The van der Waals surface area contributed by atoms with Gasteiger partial charge in [0.05, 0.1) is 5.69 Å². The van der Waals surface area contributed by atoms with E-state index in [0.717, 1.165) is 17.1 Å². The van der Waals surface area contributed by atoms with Crippen molar-refractivity contribution in [1.82, 2.24) is 0 Å². The predicted octanol–water partition coefficient (Wildman–Crippen LogP) is 15.1. The second-order valence-corrected chi connectivity index (χ2v) is 14.1. The molecule has 10 rings (SSSR count). The maximum atomic E-state index is 2.43. The smallest absolute Gasteiger partial charge is 0.0540 e. The van der Waals surface area contributed by atoms with Crippen LogP contribution in [-0.4, -0.2) is 0 Å². The minimum absolute atomic E-state index is 1.12. The Morgan fingerprint density at radius 3 is 1.61 bits per heavy atom. The largest absolute Gasteiger partial charge is 0.310 e. The van der Waals surface area contributed by atoms with Gasteiger partial charge < -0.3 is 4.90 Å². The van der Waals surface area contributed by atoms with Gasteiger partial charge in [-0.05, 0) is 120 Å². The maximum absolute atomic E-state index is 2.43. The Morgan fingerprint density at radius 2 is 0.889 bits per heavy atom. The van der Waals surface area contributed by atoms with Crippen LogP contribution in [-0.2, 0) is 0 Å². The first-order valence-corrected chi connectivity index (χ1v) is 18.7. The molecule has 10 aromatic carbocycles. The number of benzene rings is 10. The molecule has 1 heteroatoms. The molecule has 0 amide bonds. The van der Waals surface area contributed by atoms with Gasteiger partial charge in [-0.25, -0.2) is 0 Å².